The Bertz CT molecular complexity index is 1620. The number of hydrogen-bond acceptors (Lipinski definition) is 6. The van der Waals surface area contributed by atoms with E-state index in [1.807, 2.05) is 32.2 Å². The maximum Gasteiger partial charge on any atom is 0.394 e. The molecule has 0 spiro atoms. The van der Waals surface area contributed by atoms with Gasteiger partial charge in [-0.1, -0.05) is 30.3 Å². The van der Waals surface area contributed by atoms with Crippen molar-refractivity contribution in [1.29, 1.82) is 0 Å². The number of rotatable bonds is 11. The van der Waals surface area contributed by atoms with Crippen molar-refractivity contribution in [2.75, 3.05) is 16.6 Å². The van der Waals surface area contributed by atoms with Gasteiger partial charge in [-0.25, -0.2) is 13.2 Å². The zero-order valence-corrected chi connectivity index (χ0v) is 23.0. The van der Waals surface area contributed by atoms with E-state index in [9.17, 15) is 23.1 Å². The Morgan fingerprint density at radius 1 is 0.950 bits per heavy atom. The molecule has 0 saturated carbocycles. The molecule has 3 aromatic carbocycles. The Labute approximate surface area is 232 Å². The molecule has 0 aliphatic carbocycles. The van der Waals surface area contributed by atoms with E-state index in [2.05, 4.69) is 19.9 Å². The first-order valence-corrected chi connectivity index (χ1v) is 14.2. The number of aliphatic hydroxyl groups is 1. The Morgan fingerprint density at radius 3 is 2.42 bits per heavy atom. The molecule has 210 valence electrons. The number of fused-ring (bicyclic) bond motifs is 1. The predicted octanol–water partition coefficient (Wildman–Crippen LogP) is 3.96. The van der Waals surface area contributed by atoms with Gasteiger partial charge in [0, 0.05) is 47.1 Å². The normalized spacial score (nSPS) is 12.7. The molecule has 0 fully saturated rings. The summed E-state index contributed by atoms with van der Waals surface area (Å²) in [6.45, 7) is 5.02. The minimum atomic E-state index is -3.74. The fourth-order valence-corrected chi connectivity index (χ4v) is 5.33. The van der Waals surface area contributed by atoms with Crippen molar-refractivity contribution in [3.63, 3.8) is 0 Å². The SMILES string of the molecule is CC(C)(CCn1ccc2cc(NC(=O)C(=O)O)ccc21)NC[C@H](O)c1cccc(NS(=O)(=O)c2ccccc2)c1. The molecule has 10 nitrogen and oxygen atoms in total. The van der Waals surface area contributed by atoms with Crippen LogP contribution in [-0.4, -0.2) is 47.2 Å². The van der Waals surface area contributed by atoms with Crippen LogP contribution in [0.25, 0.3) is 10.9 Å². The van der Waals surface area contributed by atoms with Gasteiger partial charge in [0.25, 0.3) is 10.0 Å². The number of carboxylic acid groups (broad SMARTS) is 1. The lowest BCUT2D eigenvalue weighted by Crippen LogP contribution is -2.42. The molecular weight excluding hydrogens is 532 g/mol. The number of benzene rings is 3. The van der Waals surface area contributed by atoms with Crippen molar-refractivity contribution in [2.45, 2.75) is 43.4 Å². The first-order chi connectivity index (χ1) is 18.9. The first kappa shape index (κ1) is 28.8. The number of carboxylic acids is 1. The second kappa shape index (κ2) is 11.9. The quantitative estimate of drug-likeness (QED) is 0.173. The van der Waals surface area contributed by atoms with Gasteiger partial charge < -0.3 is 25.4 Å². The molecule has 1 amide bonds. The second-order valence-corrected chi connectivity index (χ2v) is 11.8. The van der Waals surface area contributed by atoms with Gasteiger partial charge in [0.15, 0.2) is 0 Å². The molecule has 0 unspecified atom stereocenters. The lowest BCUT2D eigenvalue weighted by atomic mass is 9.99. The molecule has 4 aromatic rings. The fourth-order valence-electron chi connectivity index (χ4n) is 4.26. The van der Waals surface area contributed by atoms with Crippen molar-refractivity contribution in [3.05, 3.63) is 90.6 Å². The Kier molecular flexibility index (Phi) is 8.58. The van der Waals surface area contributed by atoms with Crippen molar-refractivity contribution in [1.82, 2.24) is 9.88 Å². The van der Waals surface area contributed by atoms with Crippen molar-refractivity contribution < 1.29 is 28.2 Å². The van der Waals surface area contributed by atoms with Crippen molar-refractivity contribution in [3.8, 4) is 0 Å². The van der Waals surface area contributed by atoms with Crippen LogP contribution in [0.15, 0.2) is 90.0 Å². The fraction of sp³-hybridized carbons (Fsp3) is 0.241. The molecule has 1 aromatic heterocycles. The summed E-state index contributed by atoms with van der Waals surface area (Å²) in [6, 6.07) is 21.9. The monoisotopic (exact) mass is 564 g/mol. The number of aromatic nitrogens is 1. The Morgan fingerprint density at radius 2 is 1.70 bits per heavy atom. The molecule has 5 N–H and O–H groups in total. The number of amides is 1. The summed E-state index contributed by atoms with van der Waals surface area (Å²) in [6.07, 6.45) is 1.81. The van der Waals surface area contributed by atoms with Crippen LogP contribution in [0.5, 0.6) is 0 Å². The van der Waals surface area contributed by atoms with E-state index in [1.165, 1.54) is 12.1 Å². The van der Waals surface area contributed by atoms with Gasteiger partial charge in [-0.3, -0.25) is 9.52 Å². The second-order valence-electron chi connectivity index (χ2n) is 10.1. The molecule has 0 radical (unpaired) electrons. The summed E-state index contributed by atoms with van der Waals surface area (Å²) in [5, 5.41) is 26.2. The average Bonchev–Trinajstić information content (AvgIpc) is 3.33. The van der Waals surface area contributed by atoms with Crippen molar-refractivity contribution >= 4 is 44.2 Å². The standard InChI is InChI=1S/C29H32N4O6S/c1-29(2,14-16-33-15-13-20-17-22(11-12-25(20)33)31-27(35)28(36)37)30-19-26(34)21-7-6-8-23(18-21)32-40(38,39)24-9-4-3-5-10-24/h3-13,15,17-18,26,30,32,34H,14,16,19H2,1-2H3,(H,31,35)(H,36,37)/t26-/m0/s1. The number of aryl methyl sites for hydroxylation is 1. The summed E-state index contributed by atoms with van der Waals surface area (Å²) in [5.41, 5.74) is 1.97. The minimum Gasteiger partial charge on any atom is -0.474 e. The van der Waals surface area contributed by atoms with Crippen LogP contribution < -0.4 is 15.4 Å². The van der Waals surface area contributed by atoms with Gasteiger partial charge in [0.2, 0.25) is 0 Å². The molecule has 1 atom stereocenters. The van der Waals surface area contributed by atoms with E-state index < -0.39 is 28.0 Å². The Hall–Kier alpha value is -4.19. The summed E-state index contributed by atoms with van der Waals surface area (Å²) >= 11 is 0. The summed E-state index contributed by atoms with van der Waals surface area (Å²) < 4.78 is 29.9. The molecule has 0 aliphatic heterocycles. The van der Waals surface area contributed by atoms with Crippen LogP contribution in [-0.2, 0) is 26.2 Å². The largest absolute Gasteiger partial charge is 0.474 e. The highest BCUT2D eigenvalue weighted by Crippen LogP contribution is 2.24. The van der Waals surface area contributed by atoms with E-state index in [1.54, 1.807) is 54.6 Å². The van der Waals surface area contributed by atoms with Crippen LogP contribution in [0.2, 0.25) is 0 Å². The van der Waals surface area contributed by atoms with Crippen LogP contribution in [0.1, 0.15) is 31.9 Å². The summed E-state index contributed by atoms with van der Waals surface area (Å²) in [5.74, 6) is -2.63. The summed E-state index contributed by atoms with van der Waals surface area (Å²) in [7, 11) is -3.74. The molecule has 4 rings (SSSR count). The molecular formula is C29H32N4O6S. The third-order valence-electron chi connectivity index (χ3n) is 6.55. The number of carbonyl (C=O) groups excluding carboxylic acids is 1. The molecule has 0 aliphatic rings. The van der Waals surface area contributed by atoms with Crippen LogP contribution in [0.3, 0.4) is 0 Å². The van der Waals surface area contributed by atoms with Gasteiger partial charge in [0.1, 0.15) is 0 Å². The smallest absolute Gasteiger partial charge is 0.394 e. The van der Waals surface area contributed by atoms with Crippen LogP contribution >= 0.6 is 0 Å². The molecule has 11 heteroatoms. The number of aliphatic hydroxyl groups excluding tert-OH is 1. The average molecular weight is 565 g/mol. The lowest BCUT2D eigenvalue weighted by Gasteiger charge is -2.28. The topological polar surface area (TPSA) is 150 Å². The van der Waals surface area contributed by atoms with Gasteiger partial charge >= 0.3 is 11.9 Å². The minimum absolute atomic E-state index is 0.158. The highest BCUT2D eigenvalue weighted by atomic mass is 32.2. The molecule has 1 heterocycles. The van der Waals surface area contributed by atoms with Crippen LogP contribution in [0, 0.1) is 0 Å². The van der Waals surface area contributed by atoms with Gasteiger partial charge in [0.05, 0.1) is 11.0 Å². The number of hydrogen-bond donors (Lipinski definition) is 5. The zero-order chi connectivity index (χ0) is 28.9. The molecule has 0 bridgehead atoms. The number of carbonyl (C=O) groups is 2. The number of anilines is 2. The predicted molar refractivity (Wildman–Crippen MR) is 154 cm³/mol. The number of sulfonamides is 1. The van der Waals surface area contributed by atoms with Crippen LogP contribution in [0.4, 0.5) is 11.4 Å². The first-order valence-electron chi connectivity index (χ1n) is 12.7. The number of aliphatic carboxylic acids is 1. The Balaban J connectivity index is 1.34. The van der Waals surface area contributed by atoms with Gasteiger partial charge in [-0.05, 0) is 74.4 Å². The molecule has 40 heavy (non-hydrogen) atoms. The third-order valence-corrected chi connectivity index (χ3v) is 7.95. The third kappa shape index (κ3) is 7.26. The van der Waals surface area contributed by atoms with Gasteiger partial charge in [-0.2, -0.15) is 0 Å². The zero-order valence-electron chi connectivity index (χ0n) is 22.2. The van der Waals surface area contributed by atoms with Crippen molar-refractivity contribution in [2.24, 2.45) is 0 Å². The lowest BCUT2D eigenvalue weighted by molar-refractivity contribution is -0.147. The highest BCUT2D eigenvalue weighted by Gasteiger charge is 2.21. The van der Waals surface area contributed by atoms with E-state index in [4.69, 9.17) is 5.11 Å². The summed E-state index contributed by atoms with van der Waals surface area (Å²) in [4.78, 5) is 22.4. The maximum absolute atomic E-state index is 12.6. The van der Waals surface area contributed by atoms with E-state index in [0.29, 0.717) is 23.5 Å². The van der Waals surface area contributed by atoms with E-state index in [0.717, 1.165) is 17.3 Å². The number of nitrogens with zero attached hydrogens (tertiary/aromatic N) is 1. The van der Waals surface area contributed by atoms with E-state index in [-0.39, 0.29) is 17.0 Å². The highest BCUT2D eigenvalue weighted by molar-refractivity contribution is 7.92. The van der Waals surface area contributed by atoms with Gasteiger partial charge in [-0.15, -0.1) is 0 Å². The number of β-amino-alcohol motifs (C(OH)–C–C–N with tert-alkyl or cyclic N) is 1. The maximum atomic E-state index is 12.6. The number of nitrogens with one attached hydrogen (secondary N) is 3. The van der Waals surface area contributed by atoms with E-state index >= 15 is 0 Å². The molecule has 0 saturated heterocycles.